The number of nitrogens with one attached hydrogen (secondary N) is 1. The van der Waals surface area contributed by atoms with Gasteiger partial charge in [0, 0.05) is 11.5 Å². The van der Waals surface area contributed by atoms with E-state index in [0.717, 1.165) is 10.9 Å². The summed E-state index contributed by atoms with van der Waals surface area (Å²) in [6, 6.07) is 6.10. The first kappa shape index (κ1) is 14.8. The molecule has 1 aromatic heterocycles. The van der Waals surface area contributed by atoms with Crippen molar-refractivity contribution in [3.63, 3.8) is 0 Å². The lowest BCUT2D eigenvalue weighted by Gasteiger charge is -2.12. The van der Waals surface area contributed by atoms with Crippen LogP contribution in [0.4, 0.5) is 0 Å². The van der Waals surface area contributed by atoms with Gasteiger partial charge in [0.05, 0.1) is 23.9 Å². The molecule has 0 bridgehead atoms. The molecule has 1 amide bonds. The van der Waals surface area contributed by atoms with Gasteiger partial charge in [-0.1, -0.05) is 0 Å². The molecule has 0 fully saturated rings. The van der Waals surface area contributed by atoms with Crippen LogP contribution in [0.1, 0.15) is 23.0 Å². The van der Waals surface area contributed by atoms with E-state index in [2.05, 4.69) is 10.3 Å². The second-order valence-corrected chi connectivity index (χ2v) is 4.71. The molecule has 1 atom stereocenters. The van der Waals surface area contributed by atoms with Gasteiger partial charge in [-0.3, -0.25) is 14.6 Å². The van der Waals surface area contributed by atoms with Crippen molar-refractivity contribution in [2.24, 2.45) is 0 Å². The van der Waals surface area contributed by atoms with Crippen LogP contribution in [0.25, 0.3) is 10.9 Å². The van der Waals surface area contributed by atoms with Crippen LogP contribution in [0, 0.1) is 6.92 Å². The maximum Gasteiger partial charge on any atom is 0.325 e. The van der Waals surface area contributed by atoms with Crippen molar-refractivity contribution < 1.29 is 19.4 Å². The number of hydrogen-bond acceptors (Lipinski definition) is 4. The highest BCUT2D eigenvalue weighted by atomic mass is 16.5. The molecule has 0 spiro atoms. The summed E-state index contributed by atoms with van der Waals surface area (Å²) in [5, 5.41) is 12.0. The second kappa shape index (κ2) is 5.78. The first-order chi connectivity index (χ1) is 9.92. The number of hydrogen-bond donors (Lipinski definition) is 2. The summed E-state index contributed by atoms with van der Waals surface area (Å²) in [5.74, 6) is -0.849. The fourth-order valence-electron chi connectivity index (χ4n) is 1.94. The van der Waals surface area contributed by atoms with Crippen molar-refractivity contribution in [3.8, 4) is 5.75 Å². The largest absolute Gasteiger partial charge is 0.497 e. The molecule has 2 aromatic rings. The van der Waals surface area contributed by atoms with Crippen LogP contribution in [-0.4, -0.2) is 35.1 Å². The van der Waals surface area contributed by atoms with Gasteiger partial charge in [0.2, 0.25) is 0 Å². The maximum atomic E-state index is 12.1. The molecule has 0 aliphatic carbocycles. The Kier molecular flexibility index (Phi) is 4.07. The van der Waals surface area contributed by atoms with E-state index in [1.54, 1.807) is 38.3 Å². The first-order valence-electron chi connectivity index (χ1n) is 6.41. The number of rotatable bonds is 4. The number of carbonyl (C=O) groups is 2. The van der Waals surface area contributed by atoms with Crippen molar-refractivity contribution in [1.82, 2.24) is 10.3 Å². The fraction of sp³-hybridized carbons (Fsp3) is 0.267. The molecule has 2 N–H and O–H groups in total. The molecule has 1 aromatic carbocycles. The molecule has 0 aliphatic rings. The number of pyridine rings is 1. The van der Waals surface area contributed by atoms with E-state index in [1.165, 1.54) is 6.92 Å². The molecule has 0 saturated heterocycles. The third kappa shape index (κ3) is 3.10. The number of ether oxygens (including phenoxy) is 1. The number of nitrogens with zero attached hydrogens (tertiary/aromatic N) is 1. The lowest BCUT2D eigenvalue weighted by Crippen LogP contribution is -2.38. The number of benzene rings is 1. The monoisotopic (exact) mass is 288 g/mol. The number of carboxylic acids is 1. The molecule has 6 heteroatoms. The quantitative estimate of drug-likeness (QED) is 0.894. The molecule has 0 radical (unpaired) electrons. The Morgan fingerprint density at radius 3 is 2.67 bits per heavy atom. The number of aliphatic carboxylic acids is 1. The number of methoxy groups -OCH3 is 1. The Balaban J connectivity index is 2.38. The minimum atomic E-state index is -1.08. The van der Waals surface area contributed by atoms with Crippen molar-refractivity contribution in [3.05, 3.63) is 35.5 Å². The molecule has 110 valence electrons. The Bertz CT molecular complexity index is 712. The molecule has 0 aliphatic heterocycles. The standard InChI is InChI=1S/C15H16N2O4/c1-8-12(14(18)17-9(2)15(19)20)6-10-4-5-11(21-3)7-13(10)16-8/h4-7,9H,1-3H3,(H,17,18)(H,19,20)/t9-/m1/s1. The lowest BCUT2D eigenvalue weighted by molar-refractivity contribution is -0.138. The normalized spacial score (nSPS) is 12.0. The van der Waals surface area contributed by atoms with Crippen molar-refractivity contribution in [2.45, 2.75) is 19.9 Å². The molecule has 0 unspecified atom stereocenters. The van der Waals surface area contributed by atoms with Crippen LogP contribution in [0.3, 0.4) is 0 Å². The average Bonchev–Trinajstić information content (AvgIpc) is 2.45. The number of aromatic nitrogens is 1. The zero-order valence-corrected chi connectivity index (χ0v) is 12.0. The second-order valence-electron chi connectivity index (χ2n) is 4.71. The van der Waals surface area contributed by atoms with Crippen LogP contribution in [-0.2, 0) is 4.79 Å². The topological polar surface area (TPSA) is 88.5 Å². The summed E-state index contributed by atoms with van der Waals surface area (Å²) in [4.78, 5) is 27.3. The zero-order valence-electron chi connectivity index (χ0n) is 12.0. The van der Waals surface area contributed by atoms with Crippen molar-refractivity contribution in [2.75, 3.05) is 7.11 Å². The zero-order chi connectivity index (χ0) is 15.6. The van der Waals surface area contributed by atoms with Gasteiger partial charge in [-0.05, 0) is 32.0 Å². The van der Waals surface area contributed by atoms with E-state index in [0.29, 0.717) is 17.0 Å². The van der Waals surface area contributed by atoms with Gasteiger partial charge >= 0.3 is 5.97 Å². The van der Waals surface area contributed by atoms with Gasteiger partial charge in [-0.25, -0.2) is 0 Å². The van der Waals surface area contributed by atoms with Gasteiger partial charge < -0.3 is 15.2 Å². The Morgan fingerprint density at radius 1 is 1.33 bits per heavy atom. The van der Waals surface area contributed by atoms with Crippen molar-refractivity contribution in [1.29, 1.82) is 0 Å². The summed E-state index contributed by atoms with van der Waals surface area (Å²) < 4.78 is 5.13. The summed E-state index contributed by atoms with van der Waals surface area (Å²) in [6.45, 7) is 3.12. The predicted octanol–water partition coefficient (Wildman–Crippen LogP) is 1.75. The van der Waals surface area contributed by atoms with E-state index in [1.807, 2.05) is 0 Å². The molecule has 21 heavy (non-hydrogen) atoms. The predicted molar refractivity (Wildman–Crippen MR) is 77.6 cm³/mol. The number of carbonyl (C=O) groups excluding carboxylic acids is 1. The van der Waals surface area contributed by atoms with Gasteiger partial charge in [0.25, 0.3) is 5.91 Å². The Morgan fingerprint density at radius 2 is 2.05 bits per heavy atom. The maximum absolute atomic E-state index is 12.1. The Hall–Kier alpha value is -2.63. The van der Waals surface area contributed by atoms with Gasteiger partial charge in [0.15, 0.2) is 0 Å². The molecule has 6 nitrogen and oxygen atoms in total. The minimum absolute atomic E-state index is 0.362. The smallest absolute Gasteiger partial charge is 0.325 e. The Labute approximate surface area is 121 Å². The van der Waals surface area contributed by atoms with Gasteiger partial charge in [0.1, 0.15) is 11.8 Å². The summed E-state index contributed by atoms with van der Waals surface area (Å²) in [5.41, 5.74) is 1.61. The van der Waals surface area contributed by atoms with Crippen LogP contribution >= 0.6 is 0 Å². The van der Waals surface area contributed by atoms with Crippen molar-refractivity contribution >= 4 is 22.8 Å². The van der Waals surface area contributed by atoms with Crippen LogP contribution < -0.4 is 10.1 Å². The molecule has 2 rings (SSSR count). The van der Waals surface area contributed by atoms with Crippen LogP contribution in [0.5, 0.6) is 5.75 Å². The SMILES string of the molecule is COc1ccc2cc(C(=O)N[C@H](C)C(=O)O)c(C)nc2c1. The first-order valence-corrected chi connectivity index (χ1v) is 6.41. The van der Waals surface area contributed by atoms with Crippen LogP contribution in [0.15, 0.2) is 24.3 Å². The molecular weight excluding hydrogens is 272 g/mol. The minimum Gasteiger partial charge on any atom is -0.497 e. The molecule has 0 saturated carbocycles. The highest BCUT2D eigenvalue weighted by Crippen LogP contribution is 2.21. The summed E-state index contributed by atoms with van der Waals surface area (Å²) in [6.07, 6.45) is 0. The third-order valence-electron chi connectivity index (χ3n) is 3.18. The highest BCUT2D eigenvalue weighted by Gasteiger charge is 2.17. The average molecular weight is 288 g/mol. The van der Waals surface area contributed by atoms with E-state index < -0.39 is 17.9 Å². The van der Waals surface area contributed by atoms with E-state index in [9.17, 15) is 9.59 Å². The van der Waals surface area contributed by atoms with Gasteiger partial charge in [-0.15, -0.1) is 0 Å². The molecule has 1 heterocycles. The van der Waals surface area contributed by atoms with E-state index >= 15 is 0 Å². The van der Waals surface area contributed by atoms with Crippen LogP contribution in [0.2, 0.25) is 0 Å². The molecular formula is C15H16N2O4. The summed E-state index contributed by atoms with van der Waals surface area (Å²) >= 11 is 0. The van der Waals surface area contributed by atoms with E-state index in [4.69, 9.17) is 9.84 Å². The number of fused-ring (bicyclic) bond motifs is 1. The summed E-state index contributed by atoms with van der Waals surface area (Å²) in [7, 11) is 1.57. The van der Waals surface area contributed by atoms with E-state index in [-0.39, 0.29) is 0 Å². The number of carboxylic acid groups (broad SMARTS) is 1. The number of aryl methyl sites for hydroxylation is 1. The van der Waals surface area contributed by atoms with Gasteiger partial charge in [-0.2, -0.15) is 0 Å². The fourth-order valence-corrected chi connectivity index (χ4v) is 1.94. The highest BCUT2D eigenvalue weighted by molar-refractivity contribution is 6.00. The number of amides is 1. The third-order valence-corrected chi connectivity index (χ3v) is 3.18. The lowest BCUT2D eigenvalue weighted by atomic mass is 10.1.